The lowest BCUT2D eigenvalue weighted by Crippen LogP contribution is -2.56. The summed E-state index contributed by atoms with van der Waals surface area (Å²) in [5.41, 5.74) is 3.49. The molecule has 6 nitrogen and oxygen atoms in total. The highest BCUT2D eigenvalue weighted by molar-refractivity contribution is 5.88. The predicted molar refractivity (Wildman–Crippen MR) is 109 cm³/mol. The Morgan fingerprint density at radius 1 is 1.11 bits per heavy atom. The van der Waals surface area contributed by atoms with Gasteiger partial charge in [-0.15, -0.1) is 0 Å². The van der Waals surface area contributed by atoms with Gasteiger partial charge >= 0.3 is 0 Å². The second kappa shape index (κ2) is 9.41. The molecule has 0 radical (unpaired) electrons. The first-order chi connectivity index (χ1) is 13.5. The summed E-state index contributed by atoms with van der Waals surface area (Å²) in [6.07, 6.45) is 4.78. The molecule has 2 aliphatic heterocycles. The number of carbonyl (C=O) groups excluding carboxylic acids is 2. The number of ether oxygens (including phenoxy) is 1. The van der Waals surface area contributed by atoms with Crippen molar-refractivity contribution < 1.29 is 14.3 Å². The van der Waals surface area contributed by atoms with Crippen molar-refractivity contribution in [2.45, 2.75) is 58.5 Å². The van der Waals surface area contributed by atoms with E-state index in [9.17, 15) is 9.59 Å². The van der Waals surface area contributed by atoms with Gasteiger partial charge in [0.15, 0.2) is 0 Å². The van der Waals surface area contributed by atoms with E-state index in [1.54, 1.807) is 7.11 Å². The second-order valence-corrected chi connectivity index (χ2v) is 7.95. The van der Waals surface area contributed by atoms with Gasteiger partial charge in [0.25, 0.3) is 0 Å². The Labute approximate surface area is 168 Å². The Balaban J connectivity index is 1.73. The standard InChI is InChI=1S/C22H33N3O3/c1-16-17(2)20(28-3)9-8-18(16)15-25-13-10-23-22(27)19(25)14-21(26)24-11-6-4-5-7-12-24/h8-9,19H,4-7,10-15H2,1-3H3,(H,23,27). The van der Waals surface area contributed by atoms with Crippen molar-refractivity contribution in [2.75, 3.05) is 33.3 Å². The molecular formula is C22H33N3O3. The van der Waals surface area contributed by atoms with Crippen LogP contribution in [-0.4, -0.2) is 60.9 Å². The Hall–Kier alpha value is -2.08. The van der Waals surface area contributed by atoms with E-state index in [1.165, 1.54) is 24.0 Å². The van der Waals surface area contributed by atoms with Gasteiger partial charge in [-0.05, 0) is 49.4 Å². The third-order valence-electron chi connectivity index (χ3n) is 6.21. The largest absolute Gasteiger partial charge is 0.496 e. The van der Waals surface area contributed by atoms with Gasteiger partial charge in [-0.2, -0.15) is 0 Å². The minimum atomic E-state index is -0.397. The molecule has 1 N–H and O–H groups in total. The Morgan fingerprint density at radius 3 is 2.50 bits per heavy atom. The van der Waals surface area contributed by atoms with Crippen LogP contribution in [0.5, 0.6) is 5.75 Å². The highest BCUT2D eigenvalue weighted by Gasteiger charge is 2.33. The van der Waals surface area contributed by atoms with Gasteiger partial charge in [-0.1, -0.05) is 18.9 Å². The zero-order valence-corrected chi connectivity index (χ0v) is 17.4. The van der Waals surface area contributed by atoms with Gasteiger partial charge in [0, 0.05) is 32.7 Å². The number of likely N-dealkylation sites (tertiary alicyclic amines) is 1. The van der Waals surface area contributed by atoms with Crippen LogP contribution in [0.15, 0.2) is 12.1 Å². The maximum Gasteiger partial charge on any atom is 0.237 e. The van der Waals surface area contributed by atoms with Gasteiger partial charge in [0.1, 0.15) is 5.75 Å². The van der Waals surface area contributed by atoms with E-state index in [4.69, 9.17) is 4.74 Å². The molecule has 1 aromatic rings. The first-order valence-electron chi connectivity index (χ1n) is 10.4. The summed E-state index contributed by atoms with van der Waals surface area (Å²) in [4.78, 5) is 29.6. The van der Waals surface area contributed by atoms with Crippen molar-refractivity contribution in [1.29, 1.82) is 0 Å². The molecule has 1 unspecified atom stereocenters. The van der Waals surface area contributed by atoms with Crippen molar-refractivity contribution >= 4 is 11.8 Å². The highest BCUT2D eigenvalue weighted by atomic mass is 16.5. The van der Waals surface area contributed by atoms with E-state index >= 15 is 0 Å². The summed E-state index contributed by atoms with van der Waals surface area (Å²) in [6, 6.07) is 3.66. The number of carbonyl (C=O) groups is 2. The summed E-state index contributed by atoms with van der Waals surface area (Å²) in [7, 11) is 1.68. The molecule has 2 heterocycles. The SMILES string of the molecule is COc1ccc(CN2CCNC(=O)C2CC(=O)N2CCCCCC2)c(C)c1C. The van der Waals surface area contributed by atoms with Gasteiger partial charge < -0.3 is 15.0 Å². The van der Waals surface area contributed by atoms with Gasteiger partial charge in [-0.3, -0.25) is 14.5 Å². The van der Waals surface area contributed by atoms with Crippen LogP contribution in [0.2, 0.25) is 0 Å². The topological polar surface area (TPSA) is 61.9 Å². The van der Waals surface area contributed by atoms with Crippen LogP contribution in [0.1, 0.15) is 48.8 Å². The zero-order valence-electron chi connectivity index (χ0n) is 17.4. The molecule has 0 saturated carbocycles. The van der Waals surface area contributed by atoms with Crippen LogP contribution in [-0.2, 0) is 16.1 Å². The molecule has 2 saturated heterocycles. The van der Waals surface area contributed by atoms with Gasteiger partial charge in [-0.25, -0.2) is 0 Å². The third kappa shape index (κ3) is 4.66. The Morgan fingerprint density at radius 2 is 1.82 bits per heavy atom. The maximum absolute atomic E-state index is 12.9. The zero-order chi connectivity index (χ0) is 20.1. The number of nitrogens with zero attached hydrogens (tertiary/aromatic N) is 2. The molecule has 154 valence electrons. The minimum absolute atomic E-state index is 0.0303. The number of methoxy groups -OCH3 is 1. The maximum atomic E-state index is 12.9. The van der Waals surface area contributed by atoms with Crippen molar-refractivity contribution in [1.82, 2.24) is 15.1 Å². The van der Waals surface area contributed by atoms with Crippen molar-refractivity contribution in [3.63, 3.8) is 0 Å². The summed E-state index contributed by atoms with van der Waals surface area (Å²) in [6.45, 7) is 7.85. The molecule has 0 aromatic heterocycles. The molecule has 2 fully saturated rings. The average Bonchev–Trinajstić information content (AvgIpc) is 2.98. The number of hydrogen-bond donors (Lipinski definition) is 1. The van der Waals surface area contributed by atoms with Crippen LogP contribution in [0.25, 0.3) is 0 Å². The van der Waals surface area contributed by atoms with Gasteiger partial charge in [0.05, 0.1) is 19.6 Å². The number of piperazine rings is 1. The summed E-state index contributed by atoms with van der Waals surface area (Å²) in [5.74, 6) is 0.958. The van der Waals surface area contributed by atoms with Crippen LogP contribution in [0, 0.1) is 13.8 Å². The summed E-state index contributed by atoms with van der Waals surface area (Å²) < 4.78 is 5.41. The second-order valence-electron chi connectivity index (χ2n) is 7.95. The van der Waals surface area contributed by atoms with Crippen LogP contribution in [0.4, 0.5) is 0 Å². The average molecular weight is 388 g/mol. The quantitative estimate of drug-likeness (QED) is 0.843. The first kappa shape index (κ1) is 20.6. The van der Waals surface area contributed by atoms with E-state index in [0.29, 0.717) is 13.1 Å². The molecular weight excluding hydrogens is 354 g/mol. The first-order valence-corrected chi connectivity index (χ1v) is 10.4. The molecule has 28 heavy (non-hydrogen) atoms. The fraction of sp³-hybridized carbons (Fsp3) is 0.636. The van der Waals surface area contributed by atoms with Crippen LogP contribution < -0.4 is 10.1 Å². The van der Waals surface area contributed by atoms with E-state index in [1.807, 2.05) is 11.0 Å². The van der Waals surface area contributed by atoms with E-state index in [-0.39, 0.29) is 18.2 Å². The van der Waals surface area contributed by atoms with Crippen LogP contribution >= 0.6 is 0 Å². The van der Waals surface area contributed by atoms with E-state index < -0.39 is 6.04 Å². The normalized spacial score (nSPS) is 21.2. The van der Waals surface area contributed by atoms with Gasteiger partial charge in [0.2, 0.25) is 11.8 Å². The lowest BCUT2D eigenvalue weighted by atomic mass is 10.00. The molecule has 0 bridgehead atoms. The van der Waals surface area contributed by atoms with Crippen molar-refractivity contribution in [2.24, 2.45) is 0 Å². The molecule has 0 spiro atoms. The highest BCUT2D eigenvalue weighted by Crippen LogP contribution is 2.26. The third-order valence-corrected chi connectivity index (χ3v) is 6.21. The van der Waals surface area contributed by atoms with Crippen molar-refractivity contribution in [3.8, 4) is 5.75 Å². The van der Waals surface area contributed by atoms with E-state index in [2.05, 4.69) is 30.1 Å². The Bertz CT molecular complexity index is 711. The molecule has 2 aliphatic rings. The monoisotopic (exact) mass is 387 g/mol. The molecule has 1 atom stereocenters. The summed E-state index contributed by atoms with van der Waals surface area (Å²) >= 11 is 0. The lowest BCUT2D eigenvalue weighted by molar-refractivity contribution is -0.139. The fourth-order valence-corrected chi connectivity index (χ4v) is 4.25. The van der Waals surface area contributed by atoms with Crippen molar-refractivity contribution in [3.05, 3.63) is 28.8 Å². The molecule has 6 heteroatoms. The fourth-order valence-electron chi connectivity index (χ4n) is 4.25. The predicted octanol–water partition coefficient (Wildman–Crippen LogP) is 2.41. The molecule has 1 aromatic carbocycles. The number of rotatable bonds is 5. The Kier molecular flexibility index (Phi) is 6.94. The lowest BCUT2D eigenvalue weighted by Gasteiger charge is -2.36. The minimum Gasteiger partial charge on any atom is -0.496 e. The number of benzene rings is 1. The smallest absolute Gasteiger partial charge is 0.237 e. The van der Waals surface area contributed by atoms with E-state index in [0.717, 1.165) is 43.8 Å². The number of nitrogens with one attached hydrogen (secondary N) is 1. The molecule has 0 aliphatic carbocycles. The summed E-state index contributed by atoms with van der Waals surface area (Å²) in [5, 5.41) is 2.94. The molecule has 2 amide bonds. The number of hydrogen-bond acceptors (Lipinski definition) is 4. The van der Waals surface area contributed by atoms with Crippen LogP contribution in [0.3, 0.4) is 0 Å². The number of amides is 2. The molecule has 3 rings (SSSR count).